The first-order chi connectivity index (χ1) is 18.8. The Bertz CT molecular complexity index is 1420. The summed E-state index contributed by atoms with van der Waals surface area (Å²) in [7, 11) is -3.66. The van der Waals surface area contributed by atoms with Crippen molar-refractivity contribution in [1.82, 2.24) is 10.6 Å². The van der Waals surface area contributed by atoms with E-state index in [1.165, 1.54) is 0 Å². The van der Waals surface area contributed by atoms with Gasteiger partial charge in [-0.25, -0.2) is 8.42 Å². The summed E-state index contributed by atoms with van der Waals surface area (Å²) in [6.45, 7) is 8.44. The van der Waals surface area contributed by atoms with Crippen LogP contribution in [0.3, 0.4) is 0 Å². The molecule has 214 valence electrons. The molecule has 40 heavy (non-hydrogen) atoms. The Balaban J connectivity index is 1.85. The van der Waals surface area contributed by atoms with E-state index >= 15 is 0 Å². The molecule has 0 radical (unpaired) electrons. The molecule has 2 amide bonds. The highest BCUT2D eigenvalue weighted by Gasteiger charge is 2.36. The molecule has 0 aliphatic rings. The topological polar surface area (TPSA) is 109 Å². The molecule has 3 rings (SSSR count). The van der Waals surface area contributed by atoms with Crippen molar-refractivity contribution in [2.75, 3.05) is 5.75 Å². The normalized spacial score (nSPS) is 14.3. The van der Waals surface area contributed by atoms with Gasteiger partial charge < -0.3 is 15.4 Å². The van der Waals surface area contributed by atoms with Crippen LogP contribution in [-0.2, 0) is 37.1 Å². The Morgan fingerprint density at radius 2 is 1.45 bits per heavy atom. The van der Waals surface area contributed by atoms with Gasteiger partial charge in [0, 0.05) is 0 Å². The second-order valence-corrected chi connectivity index (χ2v) is 14.4. The van der Waals surface area contributed by atoms with Gasteiger partial charge in [0.2, 0.25) is 11.8 Å². The Morgan fingerprint density at radius 3 is 2.08 bits per heavy atom. The molecule has 0 aliphatic carbocycles. The maximum absolute atomic E-state index is 13.7. The SMILES string of the molecule is CC(C)[C@H](NC(=O)[C@H](Cc1cccc2ccccc12)CS(=O)(=O)C(C)(C)C)C(=O)N[C@H](C=O)Cc1ccccc1. The number of carbonyl (C=O) groups is 3. The number of hydrogen-bond donors (Lipinski definition) is 2. The Labute approximate surface area is 237 Å². The van der Waals surface area contributed by atoms with E-state index in [1.54, 1.807) is 34.6 Å². The number of benzene rings is 3. The van der Waals surface area contributed by atoms with Gasteiger partial charge in [-0.05, 0) is 61.4 Å². The number of carbonyl (C=O) groups excluding carboxylic acids is 3. The van der Waals surface area contributed by atoms with E-state index in [0.29, 0.717) is 12.7 Å². The fraction of sp³-hybridized carbons (Fsp3) is 0.406. The Morgan fingerprint density at radius 1 is 0.825 bits per heavy atom. The molecule has 0 aromatic heterocycles. The molecule has 3 aromatic rings. The van der Waals surface area contributed by atoms with Crippen molar-refractivity contribution in [2.24, 2.45) is 11.8 Å². The van der Waals surface area contributed by atoms with Crippen molar-refractivity contribution in [3.8, 4) is 0 Å². The monoisotopic (exact) mass is 564 g/mol. The molecule has 8 heteroatoms. The number of aldehydes is 1. The second-order valence-electron chi connectivity index (χ2n) is 11.6. The zero-order valence-electron chi connectivity index (χ0n) is 23.9. The zero-order valence-corrected chi connectivity index (χ0v) is 24.7. The van der Waals surface area contributed by atoms with Crippen LogP contribution in [0.4, 0.5) is 0 Å². The minimum Gasteiger partial charge on any atom is -0.344 e. The fourth-order valence-corrected chi connectivity index (χ4v) is 5.86. The van der Waals surface area contributed by atoms with E-state index in [0.717, 1.165) is 21.9 Å². The minimum absolute atomic E-state index is 0.194. The van der Waals surface area contributed by atoms with Crippen LogP contribution in [0.2, 0.25) is 0 Å². The Kier molecular flexibility index (Phi) is 10.3. The van der Waals surface area contributed by atoms with Crippen LogP contribution in [-0.4, -0.2) is 49.1 Å². The summed E-state index contributed by atoms with van der Waals surface area (Å²) >= 11 is 0. The van der Waals surface area contributed by atoms with Crippen LogP contribution in [0, 0.1) is 11.8 Å². The van der Waals surface area contributed by atoms with Crippen LogP contribution in [0.5, 0.6) is 0 Å². The smallest absolute Gasteiger partial charge is 0.243 e. The molecular weight excluding hydrogens is 524 g/mol. The van der Waals surface area contributed by atoms with Gasteiger partial charge in [-0.2, -0.15) is 0 Å². The summed E-state index contributed by atoms with van der Waals surface area (Å²) in [5, 5.41) is 7.51. The first kappa shape index (κ1) is 31.0. The van der Waals surface area contributed by atoms with E-state index in [1.807, 2.05) is 72.8 Å². The highest BCUT2D eigenvalue weighted by molar-refractivity contribution is 7.92. The van der Waals surface area contributed by atoms with Gasteiger partial charge in [-0.3, -0.25) is 9.59 Å². The third-order valence-electron chi connectivity index (χ3n) is 7.11. The predicted octanol–water partition coefficient (Wildman–Crippen LogP) is 4.28. The number of sulfone groups is 1. The van der Waals surface area contributed by atoms with Crippen molar-refractivity contribution in [3.05, 3.63) is 83.9 Å². The first-order valence-corrected chi connectivity index (χ1v) is 15.3. The quantitative estimate of drug-likeness (QED) is 0.319. The first-order valence-electron chi connectivity index (χ1n) is 13.6. The van der Waals surface area contributed by atoms with Crippen molar-refractivity contribution in [2.45, 2.75) is 64.3 Å². The third-order valence-corrected chi connectivity index (χ3v) is 9.82. The van der Waals surface area contributed by atoms with E-state index in [2.05, 4.69) is 10.6 Å². The Hall–Kier alpha value is -3.52. The number of rotatable bonds is 12. The molecule has 0 spiro atoms. The van der Waals surface area contributed by atoms with Gasteiger partial charge in [0.15, 0.2) is 9.84 Å². The average Bonchev–Trinajstić information content (AvgIpc) is 2.90. The summed E-state index contributed by atoms with van der Waals surface area (Å²) in [4.78, 5) is 38.8. The lowest BCUT2D eigenvalue weighted by Gasteiger charge is -2.28. The van der Waals surface area contributed by atoms with E-state index in [-0.39, 0.29) is 18.1 Å². The lowest BCUT2D eigenvalue weighted by molar-refractivity contribution is -0.132. The molecule has 7 nitrogen and oxygen atoms in total. The minimum atomic E-state index is -3.66. The molecule has 0 heterocycles. The van der Waals surface area contributed by atoms with Crippen LogP contribution < -0.4 is 10.6 Å². The van der Waals surface area contributed by atoms with Crippen molar-refractivity contribution in [3.63, 3.8) is 0 Å². The summed E-state index contributed by atoms with van der Waals surface area (Å²) in [5.74, 6) is -2.58. The number of fused-ring (bicyclic) bond motifs is 1. The van der Waals surface area contributed by atoms with Gasteiger partial charge in [-0.1, -0.05) is 86.6 Å². The van der Waals surface area contributed by atoms with Crippen LogP contribution in [0.15, 0.2) is 72.8 Å². The predicted molar refractivity (Wildman–Crippen MR) is 160 cm³/mol. The fourth-order valence-electron chi connectivity index (χ4n) is 4.56. The molecule has 0 saturated heterocycles. The summed E-state index contributed by atoms with van der Waals surface area (Å²) in [6, 6.07) is 21.1. The number of hydrogen-bond acceptors (Lipinski definition) is 5. The van der Waals surface area contributed by atoms with Crippen molar-refractivity contribution < 1.29 is 22.8 Å². The van der Waals surface area contributed by atoms with Crippen LogP contribution in [0.1, 0.15) is 45.7 Å². The van der Waals surface area contributed by atoms with E-state index in [4.69, 9.17) is 0 Å². The number of nitrogens with one attached hydrogen (secondary N) is 2. The zero-order chi connectivity index (χ0) is 29.5. The van der Waals surface area contributed by atoms with Crippen molar-refractivity contribution >= 4 is 38.7 Å². The molecule has 3 aromatic carbocycles. The highest BCUT2D eigenvalue weighted by atomic mass is 32.2. The summed E-state index contributed by atoms with van der Waals surface area (Å²) < 4.78 is 25.4. The molecular formula is C32H40N2O5S. The molecule has 0 saturated carbocycles. The van der Waals surface area contributed by atoms with Crippen molar-refractivity contribution in [1.29, 1.82) is 0 Å². The average molecular weight is 565 g/mol. The lowest BCUT2D eigenvalue weighted by atomic mass is 9.94. The molecule has 0 bridgehead atoms. The molecule has 2 N–H and O–H groups in total. The van der Waals surface area contributed by atoms with Gasteiger partial charge in [0.1, 0.15) is 12.3 Å². The largest absolute Gasteiger partial charge is 0.344 e. The van der Waals surface area contributed by atoms with Gasteiger partial charge in [-0.15, -0.1) is 0 Å². The molecule has 0 unspecified atom stereocenters. The van der Waals surface area contributed by atoms with Gasteiger partial charge in [0.25, 0.3) is 0 Å². The van der Waals surface area contributed by atoms with Gasteiger partial charge in [0.05, 0.1) is 22.5 Å². The molecule has 3 atom stereocenters. The van der Waals surface area contributed by atoms with Crippen LogP contribution in [0.25, 0.3) is 10.8 Å². The van der Waals surface area contributed by atoms with E-state index in [9.17, 15) is 22.8 Å². The van der Waals surface area contributed by atoms with E-state index < -0.39 is 44.4 Å². The molecule has 0 fully saturated rings. The second kappa shape index (κ2) is 13.2. The maximum atomic E-state index is 13.7. The van der Waals surface area contributed by atoms with Gasteiger partial charge >= 0.3 is 0 Å². The third kappa shape index (κ3) is 8.01. The maximum Gasteiger partial charge on any atom is 0.243 e. The molecule has 0 aliphatic heterocycles. The summed E-state index contributed by atoms with van der Waals surface area (Å²) in [6.07, 6.45) is 1.20. The van der Waals surface area contributed by atoms with Crippen LogP contribution >= 0.6 is 0 Å². The summed E-state index contributed by atoms with van der Waals surface area (Å²) in [5.41, 5.74) is 1.75. The standard InChI is InChI=1S/C32H40N2O5S/c1-22(2)29(31(37)33-27(20-35)18-23-12-7-6-8-13-23)34-30(36)26(21-40(38,39)32(3,4)5)19-25-16-11-15-24-14-9-10-17-28(24)25/h6-17,20,22,26-27,29H,18-19,21H2,1-5H3,(H,33,37)(H,34,36)/t26-,27+,29+/m1/s1. The lowest BCUT2D eigenvalue weighted by Crippen LogP contribution is -2.54. The highest BCUT2D eigenvalue weighted by Crippen LogP contribution is 2.25. The number of amides is 2.